The molecule has 0 aliphatic carbocycles. The van der Waals surface area contributed by atoms with Crippen LogP contribution in [-0.4, -0.2) is 17.2 Å². The van der Waals surface area contributed by atoms with E-state index in [1.807, 2.05) is 42.1 Å². The maximum Gasteiger partial charge on any atom is 0.0728 e. The second-order valence-electron chi connectivity index (χ2n) is 10.3. The second-order valence-corrected chi connectivity index (χ2v) is 11.4. The SMILES string of the molecule is C1=CN=CC(N(c2ccccc2)c2ccc(-c3ccc(-c4ccc(N(c5ccccc5)c5cccnc5)cc4)s3)cc2)C1. The Hall–Kier alpha value is -5.26. The first-order valence-corrected chi connectivity index (χ1v) is 15.2. The zero-order valence-electron chi connectivity index (χ0n) is 23.6. The van der Waals surface area contributed by atoms with Gasteiger partial charge in [-0.2, -0.15) is 0 Å². The molecule has 0 bridgehead atoms. The number of aromatic nitrogens is 1. The molecule has 43 heavy (non-hydrogen) atoms. The number of para-hydroxylation sites is 2. The molecule has 0 fully saturated rings. The highest BCUT2D eigenvalue weighted by molar-refractivity contribution is 7.18. The maximum atomic E-state index is 4.42. The lowest BCUT2D eigenvalue weighted by molar-refractivity contribution is 0.832. The van der Waals surface area contributed by atoms with Crippen LogP contribution < -0.4 is 9.80 Å². The summed E-state index contributed by atoms with van der Waals surface area (Å²) in [4.78, 5) is 15.9. The first kappa shape index (κ1) is 26.6. The Morgan fingerprint density at radius 1 is 0.558 bits per heavy atom. The molecule has 4 aromatic carbocycles. The molecule has 0 amide bonds. The Bertz CT molecular complexity index is 1790. The third-order valence-corrected chi connectivity index (χ3v) is 8.74. The molecule has 0 spiro atoms. The fourth-order valence-electron chi connectivity index (χ4n) is 5.48. The Kier molecular flexibility index (Phi) is 7.62. The lowest BCUT2D eigenvalue weighted by atomic mass is 10.1. The fraction of sp³-hybridized carbons (Fsp3) is 0.0526. The summed E-state index contributed by atoms with van der Waals surface area (Å²) >= 11 is 1.82. The van der Waals surface area contributed by atoms with Crippen molar-refractivity contribution in [3.05, 3.63) is 158 Å². The van der Waals surface area contributed by atoms with Crippen LogP contribution in [0.25, 0.3) is 20.9 Å². The van der Waals surface area contributed by atoms with Gasteiger partial charge in [0.2, 0.25) is 0 Å². The minimum Gasteiger partial charge on any atom is -0.333 e. The van der Waals surface area contributed by atoms with E-state index in [0.29, 0.717) is 0 Å². The van der Waals surface area contributed by atoms with Crippen LogP contribution in [0.15, 0.2) is 163 Å². The van der Waals surface area contributed by atoms with Gasteiger partial charge in [0.25, 0.3) is 0 Å². The summed E-state index contributed by atoms with van der Waals surface area (Å²) in [6, 6.07) is 47.3. The first-order valence-electron chi connectivity index (χ1n) is 14.4. The van der Waals surface area contributed by atoms with Gasteiger partial charge in [-0.3, -0.25) is 9.98 Å². The molecule has 2 aromatic heterocycles. The highest BCUT2D eigenvalue weighted by Crippen LogP contribution is 2.39. The lowest BCUT2D eigenvalue weighted by Crippen LogP contribution is -2.32. The Labute approximate surface area is 256 Å². The van der Waals surface area contributed by atoms with Gasteiger partial charge in [0.05, 0.1) is 17.9 Å². The van der Waals surface area contributed by atoms with Crippen molar-refractivity contribution in [2.75, 3.05) is 9.80 Å². The van der Waals surface area contributed by atoms with Crippen LogP contribution in [0.3, 0.4) is 0 Å². The van der Waals surface area contributed by atoms with Gasteiger partial charge < -0.3 is 9.80 Å². The van der Waals surface area contributed by atoms with Crippen LogP contribution in [0, 0.1) is 0 Å². The van der Waals surface area contributed by atoms with Crippen molar-refractivity contribution in [3.63, 3.8) is 0 Å². The summed E-state index contributed by atoms with van der Waals surface area (Å²) < 4.78 is 0. The maximum absolute atomic E-state index is 4.42. The van der Waals surface area contributed by atoms with E-state index < -0.39 is 0 Å². The molecular formula is C38H30N4S. The number of aliphatic imine (C=N–C) groups is 1. The van der Waals surface area contributed by atoms with Crippen molar-refractivity contribution < 1.29 is 0 Å². The van der Waals surface area contributed by atoms with Gasteiger partial charge in [0, 0.05) is 51.1 Å². The molecule has 5 heteroatoms. The summed E-state index contributed by atoms with van der Waals surface area (Å²) in [6.07, 6.45) is 10.7. The zero-order valence-corrected chi connectivity index (χ0v) is 24.4. The van der Waals surface area contributed by atoms with E-state index >= 15 is 0 Å². The predicted octanol–water partition coefficient (Wildman–Crippen LogP) is 10.4. The van der Waals surface area contributed by atoms with Gasteiger partial charge >= 0.3 is 0 Å². The predicted molar refractivity (Wildman–Crippen MR) is 182 cm³/mol. The van der Waals surface area contributed by atoms with Gasteiger partial charge in [0.1, 0.15) is 0 Å². The number of nitrogens with zero attached hydrogens (tertiary/aromatic N) is 4. The van der Waals surface area contributed by atoms with Crippen LogP contribution in [0.2, 0.25) is 0 Å². The number of anilines is 5. The van der Waals surface area contributed by atoms with Crippen LogP contribution >= 0.6 is 11.3 Å². The smallest absolute Gasteiger partial charge is 0.0728 e. The van der Waals surface area contributed by atoms with Gasteiger partial charge in [-0.05, 0) is 90.3 Å². The summed E-state index contributed by atoms with van der Waals surface area (Å²) in [5, 5.41) is 0. The standard InChI is InChI=1S/C38H30N4S/c1-3-9-31(10-4-1)41(35-13-7-25-39-27-35)33-19-15-29(16-20-33)37-23-24-38(43-37)30-17-21-34(22-18-30)42(32-11-5-2-6-12-32)36-14-8-26-40-28-36/h1-13,15-28,36H,14H2. The normalized spacial score (nSPS) is 14.0. The monoisotopic (exact) mass is 574 g/mol. The molecule has 0 N–H and O–H groups in total. The molecule has 1 unspecified atom stereocenters. The van der Waals surface area contributed by atoms with Crippen molar-refractivity contribution in [1.82, 2.24) is 4.98 Å². The third-order valence-electron chi connectivity index (χ3n) is 7.56. The second kappa shape index (κ2) is 12.3. The molecule has 1 aliphatic rings. The van der Waals surface area contributed by atoms with Crippen molar-refractivity contribution >= 4 is 46.0 Å². The van der Waals surface area contributed by atoms with E-state index in [2.05, 4.69) is 147 Å². The van der Waals surface area contributed by atoms with E-state index in [-0.39, 0.29) is 6.04 Å². The zero-order chi connectivity index (χ0) is 28.8. The van der Waals surface area contributed by atoms with E-state index in [1.54, 1.807) is 6.20 Å². The molecule has 0 saturated heterocycles. The highest BCUT2D eigenvalue weighted by Gasteiger charge is 2.20. The molecular weight excluding hydrogens is 545 g/mol. The number of hydrogen-bond donors (Lipinski definition) is 0. The minimum absolute atomic E-state index is 0.186. The van der Waals surface area contributed by atoms with Gasteiger partial charge in [0.15, 0.2) is 0 Å². The molecule has 0 radical (unpaired) electrons. The average molecular weight is 575 g/mol. The largest absolute Gasteiger partial charge is 0.333 e. The van der Waals surface area contributed by atoms with Gasteiger partial charge in [-0.1, -0.05) is 66.7 Å². The first-order chi connectivity index (χ1) is 21.3. The van der Waals surface area contributed by atoms with Crippen LogP contribution in [-0.2, 0) is 0 Å². The molecule has 208 valence electrons. The van der Waals surface area contributed by atoms with Crippen LogP contribution in [0.4, 0.5) is 28.4 Å². The number of pyridine rings is 1. The number of hydrogen-bond acceptors (Lipinski definition) is 5. The van der Waals surface area contributed by atoms with E-state index in [9.17, 15) is 0 Å². The minimum atomic E-state index is 0.186. The van der Waals surface area contributed by atoms with Crippen LogP contribution in [0.5, 0.6) is 0 Å². The number of benzene rings is 4. The van der Waals surface area contributed by atoms with Gasteiger partial charge in [-0.25, -0.2) is 0 Å². The highest BCUT2D eigenvalue weighted by atomic mass is 32.1. The molecule has 7 rings (SSSR count). The van der Waals surface area contributed by atoms with Crippen molar-refractivity contribution in [2.45, 2.75) is 12.5 Å². The molecule has 4 nitrogen and oxygen atoms in total. The Morgan fingerprint density at radius 3 is 1.70 bits per heavy atom. The molecule has 3 heterocycles. The molecule has 6 aromatic rings. The molecule has 1 atom stereocenters. The van der Waals surface area contributed by atoms with Crippen molar-refractivity contribution in [1.29, 1.82) is 0 Å². The Balaban J connectivity index is 1.13. The number of rotatable bonds is 8. The Morgan fingerprint density at radius 2 is 1.12 bits per heavy atom. The summed E-state index contributed by atoms with van der Waals surface area (Å²) in [5.41, 5.74) is 7.97. The average Bonchev–Trinajstić information content (AvgIpc) is 3.58. The van der Waals surface area contributed by atoms with E-state index in [1.165, 1.54) is 26.6 Å². The third kappa shape index (κ3) is 5.76. The quantitative estimate of drug-likeness (QED) is 0.181. The lowest BCUT2D eigenvalue weighted by Gasteiger charge is -2.32. The topological polar surface area (TPSA) is 31.7 Å². The number of thiophene rings is 1. The van der Waals surface area contributed by atoms with Gasteiger partial charge in [-0.15, -0.1) is 11.3 Å². The van der Waals surface area contributed by atoms with Crippen molar-refractivity contribution in [2.24, 2.45) is 4.99 Å². The van der Waals surface area contributed by atoms with Crippen LogP contribution in [0.1, 0.15) is 6.42 Å². The van der Waals surface area contributed by atoms with E-state index in [4.69, 9.17) is 0 Å². The summed E-state index contributed by atoms with van der Waals surface area (Å²) in [6.45, 7) is 0. The molecule has 1 aliphatic heterocycles. The summed E-state index contributed by atoms with van der Waals surface area (Å²) in [7, 11) is 0. The summed E-state index contributed by atoms with van der Waals surface area (Å²) in [5.74, 6) is 0. The van der Waals surface area contributed by atoms with Crippen molar-refractivity contribution in [3.8, 4) is 20.9 Å². The molecule has 0 saturated carbocycles. The van der Waals surface area contributed by atoms with E-state index in [0.717, 1.165) is 29.2 Å². The fourth-order valence-corrected chi connectivity index (χ4v) is 6.50.